The third-order valence-corrected chi connectivity index (χ3v) is 5.67. The highest BCUT2D eigenvalue weighted by atomic mass is 16.7. The molecule has 2 aromatic carbocycles. The number of nitrogens with one attached hydrogen (secondary N) is 1. The Hall–Kier alpha value is -3.25. The molecule has 31 heavy (non-hydrogen) atoms. The minimum atomic E-state index is -0.0236. The van der Waals surface area contributed by atoms with E-state index >= 15 is 0 Å². The summed E-state index contributed by atoms with van der Waals surface area (Å²) in [5.74, 6) is 1.58. The Morgan fingerprint density at radius 3 is 2.77 bits per heavy atom. The van der Waals surface area contributed by atoms with Gasteiger partial charge in [0.05, 0.1) is 6.67 Å². The standard InChI is InChI=1S/C25H29N3O3/c1-19(13-21-10-11-23-24(14-21)31-18-30-23)27(2)17-26-25(29)22-9-6-12-28(16-22)15-20-7-4-3-5-8-20/h3-8,10-12,14,16,19H,9,13,15,17-18H2,1-2H3,(H,26,29). The van der Waals surface area contributed by atoms with Crippen LogP contribution in [0.15, 0.2) is 72.6 Å². The SMILES string of the molecule is CC(Cc1ccc2c(c1)OCO2)N(C)CNC(=O)C1=CN(Cc2ccccc2)C=CC1. The van der Waals surface area contributed by atoms with Crippen molar-refractivity contribution < 1.29 is 14.3 Å². The van der Waals surface area contributed by atoms with Crippen LogP contribution in [-0.4, -0.2) is 42.3 Å². The molecule has 0 aromatic heterocycles. The number of ether oxygens (including phenoxy) is 2. The summed E-state index contributed by atoms with van der Waals surface area (Å²) in [5, 5.41) is 3.06. The molecule has 1 amide bonds. The summed E-state index contributed by atoms with van der Waals surface area (Å²) < 4.78 is 10.8. The van der Waals surface area contributed by atoms with Crippen molar-refractivity contribution in [1.29, 1.82) is 0 Å². The molecule has 1 atom stereocenters. The number of rotatable bonds is 8. The van der Waals surface area contributed by atoms with E-state index in [4.69, 9.17) is 9.47 Å². The van der Waals surface area contributed by atoms with Crippen molar-refractivity contribution in [2.45, 2.75) is 32.4 Å². The van der Waals surface area contributed by atoms with E-state index in [1.807, 2.05) is 55.9 Å². The van der Waals surface area contributed by atoms with Crippen LogP contribution >= 0.6 is 0 Å². The maximum atomic E-state index is 12.7. The summed E-state index contributed by atoms with van der Waals surface area (Å²) in [6, 6.07) is 16.6. The number of hydrogen-bond acceptors (Lipinski definition) is 5. The van der Waals surface area contributed by atoms with Crippen LogP contribution in [0.3, 0.4) is 0 Å². The third kappa shape index (κ3) is 5.47. The summed E-state index contributed by atoms with van der Waals surface area (Å²) in [6.45, 7) is 3.68. The van der Waals surface area contributed by atoms with Gasteiger partial charge in [0.15, 0.2) is 11.5 Å². The maximum absolute atomic E-state index is 12.7. The molecule has 0 saturated heterocycles. The number of carbonyl (C=O) groups excluding carboxylic acids is 1. The van der Waals surface area contributed by atoms with Crippen molar-refractivity contribution in [2.75, 3.05) is 20.5 Å². The summed E-state index contributed by atoms with van der Waals surface area (Å²) in [6.07, 6.45) is 7.51. The van der Waals surface area contributed by atoms with Crippen molar-refractivity contribution in [1.82, 2.24) is 15.1 Å². The lowest BCUT2D eigenvalue weighted by molar-refractivity contribution is -0.118. The van der Waals surface area contributed by atoms with Crippen molar-refractivity contribution in [2.24, 2.45) is 0 Å². The lowest BCUT2D eigenvalue weighted by atomic mass is 10.1. The molecule has 1 unspecified atom stereocenters. The molecule has 2 aliphatic heterocycles. The van der Waals surface area contributed by atoms with Gasteiger partial charge in [-0.1, -0.05) is 42.5 Å². The molecule has 4 rings (SSSR count). The van der Waals surface area contributed by atoms with Crippen LogP contribution in [-0.2, 0) is 17.8 Å². The van der Waals surface area contributed by atoms with Crippen LogP contribution < -0.4 is 14.8 Å². The molecule has 6 heteroatoms. The Bertz CT molecular complexity index is 971. The van der Waals surface area contributed by atoms with Gasteiger partial charge in [-0.05, 0) is 50.1 Å². The molecular formula is C25H29N3O3. The Kier molecular flexibility index (Phi) is 6.57. The Balaban J connectivity index is 1.27. The lowest BCUT2D eigenvalue weighted by Gasteiger charge is -2.26. The first-order valence-electron chi connectivity index (χ1n) is 10.6. The number of likely N-dealkylation sites (N-methyl/N-ethyl adjacent to an activating group) is 1. The zero-order valence-corrected chi connectivity index (χ0v) is 18.1. The largest absolute Gasteiger partial charge is 0.454 e. The van der Waals surface area contributed by atoms with E-state index < -0.39 is 0 Å². The second-order valence-electron chi connectivity index (χ2n) is 8.06. The van der Waals surface area contributed by atoms with Crippen molar-refractivity contribution in [3.8, 4) is 11.5 Å². The molecule has 2 aromatic rings. The van der Waals surface area contributed by atoms with Crippen LogP contribution in [0.1, 0.15) is 24.5 Å². The minimum Gasteiger partial charge on any atom is -0.454 e. The maximum Gasteiger partial charge on any atom is 0.249 e. The van der Waals surface area contributed by atoms with Crippen LogP contribution in [0.5, 0.6) is 11.5 Å². The second kappa shape index (κ2) is 9.71. The van der Waals surface area contributed by atoms with E-state index in [9.17, 15) is 4.79 Å². The molecular weight excluding hydrogens is 390 g/mol. The van der Waals surface area contributed by atoms with Crippen LogP contribution in [0.2, 0.25) is 0 Å². The van der Waals surface area contributed by atoms with Gasteiger partial charge in [0, 0.05) is 30.6 Å². The molecule has 0 bridgehead atoms. The number of carbonyl (C=O) groups is 1. The smallest absolute Gasteiger partial charge is 0.249 e. The van der Waals surface area contributed by atoms with Gasteiger partial charge >= 0.3 is 0 Å². The predicted molar refractivity (Wildman–Crippen MR) is 120 cm³/mol. The summed E-state index contributed by atoms with van der Waals surface area (Å²) >= 11 is 0. The molecule has 0 radical (unpaired) electrons. The number of amides is 1. The van der Waals surface area contributed by atoms with Gasteiger partial charge in [-0.2, -0.15) is 0 Å². The van der Waals surface area contributed by atoms with Gasteiger partial charge in [-0.15, -0.1) is 0 Å². The molecule has 162 valence electrons. The van der Waals surface area contributed by atoms with Crippen molar-refractivity contribution in [3.05, 3.63) is 83.7 Å². The fraction of sp³-hybridized carbons (Fsp3) is 0.320. The monoisotopic (exact) mass is 419 g/mol. The van der Waals surface area contributed by atoms with E-state index in [0.29, 0.717) is 13.1 Å². The van der Waals surface area contributed by atoms with Crippen LogP contribution in [0, 0.1) is 0 Å². The number of allylic oxidation sites excluding steroid dienone is 1. The highest BCUT2D eigenvalue weighted by Gasteiger charge is 2.18. The van der Waals surface area contributed by atoms with Gasteiger partial charge < -0.3 is 19.7 Å². The molecule has 0 aliphatic carbocycles. The number of nitrogens with zero attached hydrogens (tertiary/aromatic N) is 2. The molecule has 2 heterocycles. The quantitative estimate of drug-likeness (QED) is 0.662. The van der Waals surface area contributed by atoms with E-state index in [1.165, 1.54) is 11.1 Å². The Morgan fingerprint density at radius 2 is 1.94 bits per heavy atom. The zero-order valence-electron chi connectivity index (χ0n) is 18.1. The fourth-order valence-corrected chi connectivity index (χ4v) is 3.69. The summed E-state index contributed by atoms with van der Waals surface area (Å²) in [4.78, 5) is 16.9. The number of benzene rings is 2. The van der Waals surface area contributed by atoms with Gasteiger partial charge in [0.25, 0.3) is 0 Å². The first kappa shape index (κ1) is 21.0. The Labute approximate surface area is 183 Å². The van der Waals surface area contributed by atoms with Crippen molar-refractivity contribution in [3.63, 3.8) is 0 Å². The molecule has 1 N–H and O–H groups in total. The number of fused-ring (bicyclic) bond motifs is 1. The van der Waals surface area contributed by atoms with E-state index in [-0.39, 0.29) is 18.7 Å². The first-order valence-corrected chi connectivity index (χ1v) is 10.6. The second-order valence-corrected chi connectivity index (χ2v) is 8.06. The average molecular weight is 420 g/mol. The average Bonchev–Trinajstić information content (AvgIpc) is 3.26. The highest BCUT2D eigenvalue weighted by molar-refractivity contribution is 5.93. The zero-order chi connectivity index (χ0) is 21.6. The van der Waals surface area contributed by atoms with Gasteiger partial charge in [0.1, 0.15) is 0 Å². The summed E-state index contributed by atoms with van der Waals surface area (Å²) in [5.41, 5.74) is 3.17. The van der Waals surface area contributed by atoms with Gasteiger partial charge in [-0.3, -0.25) is 9.69 Å². The van der Waals surface area contributed by atoms with E-state index in [2.05, 4.69) is 40.2 Å². The molecule has 0 spiro atoms. The predicted octanol–water partition coefficient (Wildman–Crippen LogP) is 3.66. The Morgan fingerprint density at radius 1 is 1.13 bits per heavy atom. The number of hydrogen-bond donors (Lipinski definition) is 1. The highest BCUT2D eigenvalue weighted by Crippen LogP contribution is 2.32. The molecule has 2 aliphatic rings. The van der Waals surface area contributed by atoms with Gasteiger partial charge in [0.2, 0.25) is 12.7 Å². The third-order valence-electron chi connectivity index (χ3n) is 5.67. The first-order chi connectivity index (χ1) is 15.1. The molecule has 0 saturated carbocycles. The van der Waals surface area contributed by atoms with E-state index in [1.54, 1.807) is 0 Å². The minimum absolute atomic E-state index is 0.0236. The van der Waals surface area contributed by atoms with Crippen LogP contribution in [0.25, 0.3) is 0 Å². The molecule has 0 fully saturated rings. The van der Waals surface area contributed by atoms with E-state index in [0.717, 1.165) is 30.0 Å². The van der Waals surface area contributed by atoms with Gasteiger partial charge in [-0.25, -0.2) is 0 Å². The fourth-order valence-electron chi connectivity index (χ4n) is 3.69. The normalized spacial score (nSPS) is 15.7. The topological polar surface area (TPSA) is 54.0 Å². The lowest BCUT2D eigenvalue weighted by Crippen LogP contribution is -2.41. The summed E-state index contributed by atoms with van der Waals surface area (Å²) in [7, 11) is 2.02. The molecule has 6 nitrogen and oxygen atoms in total. The van der Waals surface area contributed by atoms with Crippen molar-refractivity contribution >= 4 is 5.91 Å². The van der Waals surface area contributed by atoms with Crippen LogP contribution in [0.4, 0.5) is 0 Å².